The molecule has 0 bridgehead atoms. The number of anilines is 1. The summed E-state index contributed by atoms with van der Waals surface area (Å²) in [5.74, 6) is 1.81. The number of hydrogen-bond acceptors (Lipinski definition) is 5. The molecule has 1 heterocycles. The number of methoxy groups -OCH3 is 1. The van der Waals surface area contributed by atoms with Crippen molar-refractivity contribution in [1.29, 1.82) is 0 Å². The number of aromatic nitrogens is 3. The highest BCUT2D eigenvalue weighted by atomic mass is 16.5. The highest BCUT2D eigenvalue weighted by Gasteiger charge is 2.08. The fraction of sp³-hybridized carbons (Fsp3) is 0.267. The number of hydrogen-bond donors (Lipinski definition) is 3. The monoisotopic (exact) mass is 301 g/mol. The fourth-order valence-electron chi connectivity index (χ4n) is 1.78. The van der Waals surface area contributed by atoms with Gasteiger partial charge >= 0.3 is 0 Å². The molecule has 0 saturated carbocycles. The second kappa shape index (κ2) is 7.82. The molecule has 116 valence electrons. The zero-order valence-corrected chi connectivity index (χ0v) is 12.4. The number of benzene rings is 1. The maximum absolute atomic E-state index is 11.5. The van der Waals surface area contributed by atoms with Crippen molar-refractivity contribution in [3.63, 3.8) is 0 Å². The number of nitrogens with one attached hydrogen (secondary N) is 3. The molecule has 0 aliphatic carbocycles. The summed E-state index contributed by atoms with van der Waals surface area (Å²) < 4.78 is 5.10. The van der Waals surface area contributed by atoms with E-state index in [4.69, 9.17) is 4.74 Å². The van der Waals surface area contributed by atoms with Crippen molar-refractivity contribution in [2.75, 3.05) is 19.0 Å². The van der Waals surface area contributed by atoms with Gasteiger partial charge in [-0.1, -0.05) is 6.08 Å². The number of rotatable bonds is 8. The predicted molar refractivity (Wildman–Crippen MR) is 83.6 cm³/mol. The molecule has 1 aromatic heterocycles. The standard InChI is InChI=1S/C15H19N5O2/c1-3-8-16-15(21)9-13-18-14(20-19-13)10-17-11-4-6-12(22-2)7-5-11/h3-7,17H,1,8-10H2,2H3,(H,16,21)(H,18,19,20). The lowest BCUT2D eigenvalue weighted by Crippen LogP contribution is -2.25. The first kappa shape index (κ1) is 15.6. The van der Waals surface area contributed by atoms with Gasteiger partial charge in [0.2, 0.25) is 5.91 Å². The SMILES string of the molecule is C=CCNC(=O)Cc1n[nH]c(CNc2ccc(OC)cc2)n1. The van der Waals surface area contributed by atoms with E-state index in [1.165, 1.54) is 0 Å². The first-order chi connectivity index (χ1) is 10.7. The van der Waals surface area contributed by atoms with Crippen LogP contribution in [0.25, 0.3) is 0 Å². The molecule has 0 fully saturated rings. The van der Waals surface area contributed by atoms with Gasteiger partial charge in [-0.15, -0.1) is 6.58 Å². The largest absolute Gasteiger partial charge is 0.497 e. The normalized spacial score (nSPS) is 10.0. The minimum absolute atomic E-state index is 0.131. The number of nitrogens with zero attached hydrogens (tertiary/aromatic N) is 2. The van der Waals surface area contributed by atoms with E-state index in [-0.39, 0.29) is 12.3 Å². The summed E-state index contributed by atoms with van der Waals surface area (Å²) in [7, 11) is 1.63. The van der Waals surface area contributed by atoms with Gasteiger partial charge in [0.05, 0.1) is 20.1 Å². The van der Waals surface area contributed by atoms with Gasteiger partial charge in [-0.3, -0.25) is 9.89 Å². The summed E-state index contributed by atoms with van der Waals surface area (Å²) in [6.07, 6.45) is 1.77. The lowest BCUT2D eigenvalue weighted by Gasteiger charge is -2.05. The van der Waals surface area contributed by atoms with Crippen LogP contribution in [0.1, 0.15) is 11.6 Å². The lowest BCUT2D eigenvalue weighted by atomic mass is 10.3. The van der Waals surface area contributed by atoms with Crippen LogP contribution in [-0.2, 0) is 17.8 Å². The molecule has 0 aliphatic heterocycles. The summed E-state index contributed by atoms with van der Waals surface area (Å²) in [5.41, 5.74) is 0.947. The second-order valence-corrected chi connectivity index (χ2v) is 4.55. The van der Waals surface area contributed by atoms with Crippen LogP contribution in [0.4, 0.5) is 5.69 Å². The first-order valence-electron chi connectivity index (χ1n) is 6.87. The molecule has 22 heavy (non-hydrogen) atoms. The van der Waals surface area contributed by atoms with E-state index in [0.717, 1.165) is 11.4 Å². The maximum atomic E-state index is 11.5. The van der Waals surface area contributed by atoms with Crippen LogP contribution in [-0.4, -0.2) is 34.7 Å². The lowest BCUT2D eigenvalue weighted by molar-refractivity contribution is -0.120. The Morgan fingerprint density at radius 2 is 2.18 bits per heavy atom. The van der Waals surface area contributed by atoms with Gasteiger partial charge in [0.25, 0.3) is 0 Å². The van der Waals surface area contributed by atoms with Crippen LogP contribution in [0.15, 0.2) is 36.9 Å². The smallest absolute Gasteiger partial charge is 0.227 e. The van der Waals surface area contributed by atoms with Crippen molar-refractivity contribution in [2.24, 2.45) is 0 Å². The van der Waals surface area contributed by atoms with Crippen LogP contribution in [0.5, 0.6) is 5.75 Å². The van der Waals surface area contributed by atoms with E-state index in [2.05, 4.69) is 32.4 Å². The molecule has 3 N–H and O–H groups in total. The van der Waals surface area contributed by atoms with Gasteiger partial charge < -0.3 is 15.4 Å². The van der Waals surface area contributed by atoms with Gasteiger partial charge in [0.15, 0.2) is 5.82 Å². The molecule has 1 aromatic carbocycles. The van der Waals surface area contributed by atoms with Crippen LogP contribution >= 0.6 is 0 Å². The molecule has 0 atom stereocenters. The summed E-state index contributed by atoms with van der Waals surface area (Å²) in [6, 6.07) is 7.58. The van der Waals surface area contributed by atoms with Crippen LogP contribution < -0.4 is 15.4 Å². The Bertz CT molecular complexity index is 621. The number of ether oxygens (including phenoxy) is 1. The minimum Gasteiger partial charge on any atom is -0.497 e. The van der Waals surface area contributed by atoms with Gasteiger partial charge in [-0.2, -0.15) is 5.10 Å². The van der Waals surface area contributed by atoms with Crippen molar-refractivity contribution >= 4 is 11.6 Å². The molecule has 0 unspecified atom stereocenters. The molecule has 1 amide bonds. The summed E-state index contributed by atoms with van der Waals surface area (Å²) in [6.45, 7) is 4.47. The molecule has 0 radical (unpaired) electrons. The Labute approximate surface area is 128 Å². The van der Waals surface area contributed by atoms with E-state index in [9.17, 15) is 4.79 Å². The molecule has 2 rings (SSSR count). The van der Waals surface area contributed by atoms with Gasteiger partial charge in [0, 0.05) is 12.2 Å². The summed E-state index contributed by atoms with van der Waals surface area (Å²) in [4.78, 5) is 15.8. The van der Waals surface area contributed by atoms with Crippen LogP contribution in [0.3, 0.4) is 0 Å². The van der Waals surface area contributed by atoms with E-state index in [0.29, 0.717) is 24.7 Å². The molecular formula is C15H19N5O2. The minimum atomic E-state index is -0.131. The third-order valence-corrected chi connectivity index (χ3v) is 2.89. The molecule has 0 spiro atoms. The van der Waals surface area contributed by atoms with E-state index in [1.807, 2.05) is 24.3 Å². The van der Waals surface area contributed by atoms with Crippen molar-refractivity contribution in [3.8, 4) is 5.75 Å². The average molecular weight is 301 g/mol. The molecule has 2 aromatic rings. The number of amides is 1. The van der Waals surface area contributed by atoms with Crippen molar-refractivity contribution in [1.82, 2.24) is 20.5 Å². The van der Waals surface area contributed by atoms with Gasteiger partial charge in [0.1, 0.15) is 11.6 Å². The van der Waals surface area contributed by atoms with Gasteiger partial charge in [-0.25, -0.2) is 4.98 Å². The Morgan fingerprint density at radius 1 is 1.41 bits per heavy atom. The predicted octanol–water partition coefficient (Wildman–Crippen LogP) is 1.27. The Morgan fingerprint density at radius 3 is 2.86 bits per heavy atom. The Balaban J connectivity index is 1.83. The molecule has 7 heteroatoms. The summed E-state index contributed by atoms with van der Waals surface area (Å²) in [5, 5.41) is 12.7. The highest BCUT2D eigenvalue weighted by Crippen LogP contribution is 2.15. The number of aromatic amines is 1. The third kappa shape index (κ3) is 4.62. The summed E-state index contributed by atoms with van der Waals surface area (Å²) >= 11 is 0. The zero-order chi connectivity index (χ0) is 15.8. The second-order valence-electron chi connectivity index (χ2n) is 4.55. The average Bonchev–Trinajstić information content (AvgIpc) is 2.99. The van der Waals surface area contributed by atoms with E-state index in [1.54, 1.807) is 13.2 Å². The number of carbonyl (C=O) groups is 1. The van der Waals surface area contributed by atoms with Crippen molar-refractivity contribution < 1.29 is 9.53 Å². The molecular weight excluding hydrogens is 282 g/mol. The van der Waals surface area contributed by atoms with Crippen LogP contribution in [0, 0.1) is 0 Å². The number of H-pyrrole nitrogens is 1. The molecule has 0 aliphatic rings. The molecule has 0 saturated heterocycles. The fourth-order valence-corrected chi connectivity index (χ4v) is 1.78. The van der Waals surface area contributed by atoms with Crippen molar-refractivity contribution in [3.05, 3.63) is 48.6 Å². The number of carbonyl (C=O) groups excluding carboxylic acids is 1. The maximum Gasteiger partial charge on any atom is 0.227 e. The topological polar surface area (TPSA) is 91.9 Å². The van der Waals surface area contributed by atoms with E-state index < -0.39 is 0 Å². The Hall–Kier alpha value is -2.83. The Kier molecular flexibility index (Phi) is 5.53. The highest BCUT2D eigenvalue weighted by molar-refractivity contribution is 5.77. The van der Waals surface area contributed by atoms with Crippen LogP contribution in [0.2, 0.25) is 0 Å². The third-order valence-electron chi connectivity index (χ3n) is 2.89. The first-order valence-corrected chi connectivity index (χ1v) is 6.87. The zero-order valence-electron chi connectivity index (χ0n) is 12.4. The quantitative estimate of drug-likeness (QED) is 0.639. The van der Waals surface area contributed by atoms with Gasteiger partial charge in [-0.05, 0) is 24.3 Å². The van der Waals surface area contributed by atoms with Crippen molar-refractivity contribution in [2.45, 2.75) is 13.0 Å². The molecule has 7 nitrogen and oxygen atoms in total. The van der Waals surface area contributed by atoms with E-state index >= 15 is 0 Å².